The molecule has 2 aromatic rings. The first-order valence-corrected chi connectivity index (χ1v) is 20.6. The molecule has 1 fully saturated rings. The van der Waals surface area contributed by atoms with Crippen molar-refractivity contribution in [1.29, 1.82) is 0 Å². The summed E-state index contributed by atoms with van der Waals surface area (Å²) in [6.45, 7) is 9.26. The van der Waals surface area contributed by atoms with Gasteiger partial charge in [-0.15, -0.1) is 5.06 Å². The van der Waals surface area contributed by atoms with Crippen molar-refractivity contribution in [3.8, 4) is 0 Å². The first kappa shape index (κ1) is 42.8. The van der Waals surface area contributed by atoms with Crippen molar-refractivity contribution in [3.63, 3.8) is 0 Å². The number of hydrogen-bond acceptors (Lipinski definition) is 10. The number of para-hydroxylation sites is 1. The van der Waals surface area contributed by atoms with E-state index in [1.807, 2.05) is 50.3 Å². The second-order valence-corrected chi connectivity index (χ2v) is 17.5. The minimum Gasteiger partial charge on any atom is -0.775 e. The minimum atomic E-state index is -4.76. The normalized spacial score (nSPS) is 19.5. The summed E-state index contributed by atoms with van der Waals surface area (Å²) in [6, 6.07) is 12.6. The van der Waals surface area contributed by atoms with Crippen LogP contribution < -0.4 is 44.7 Å². The molecule has 0 aromatic heterocycles. The van der Waals surface area contributed by atoms with Gasteiger partial charge in [0, 0.05) is 77.8 Å². The van der Waals surface area contributed by atoms with Crippen LogP contribution in [0.15, 0.2) is 66.4 Å². The Hall–Kier alpha value is -2.94. The second kappa shape index (κ2) is 16.8. The molecule has 0 aliphatic carbocycles. The van der Waals surface area contributed by atoms with E-state index >= 15 is 0 Å². The third-order valence-electron chi connectivity index (χ3n) is 10.00. The molecule has 0 radical (unpaired) electrons. The zero-order valence-corrected chi connectivity index (χ0v) is 34.6. The van der Waals surface area contributed by atoms with Gasteiger partial charge in [0.1, 0.15) is 6.54 Å². The number of carbonyl (C=O) groups is 3. The quantitative estimate of drug-likeness (QED) is 0.0678. The van der Waals surface area contributed by atoms with Crippen molar-refractivity contribution in [2.24, 2.45) is 0 Å². The van der Waals surface area contributed by atoms with Gasteiger partial charge in [0.05, 0.1) is 15.5 Å². The maximum Gasteiger partial charge on any atom is 1.00 e. The predicted octanol–water partition coefficient (Wildman–Crippen LogP) is 0.969. The topological polar surface area (TPSA) is 187 Å². The molecule has 1 atom stereocenters. The molecule has 0 bridgehead atoms. The number of fused-ring (bicyclic) bond motifs is 2. The summed E-state index contributed by atoms with van der Waals surface area (Å²) in [7, 11) is -9.07. The van der Waals surface area contributed by atoms with Gasteiger partial charge >= 0.3 is 35.5 Å². The van der Waals surface area contributed by atoms with Gasteiger partial charge in [-0.1, -0.05) is 44.5 Å². The molecule has 1 unspecified atom stereocenters. The SMILES string of the molecule is CC1(C)C(/C=C/C=C2/N(CCCCCC(=O)ON3C(=O)CCC3=O)c3ccc(P(=O)([O-])O)cc3C2(C)C)=[N+](CCCCS(=O)(=O)[O-])c2ccccc21.[Na+]. The number of unbranched alkanes of at least 4 members (excludes halogenated alkanes) is 3. The van der Waals surface area contributed by atoms with Crippen LogP contribution in [-0.4, -0.2) is 69.8 Å². The monoisotopic (exact) mass is 777 g/mol. The van der Waals surface area contributed by atoms with Gasteiger partial charge in [-0.3, -0.25) is 9.59 Å². The fraction of sp³-hybridized carbons (Fsp3) is 0.459. The molecule has 0 spiro atoms. The Morgan fingerprint density at radius 1 is 0.981 bits per heavy atom. The summed E-state index contributed by atoms with van der Waals surface area (Å²) in [5, 5.41) is 0.369. The second-order valence-electron chi connectivity index (χ2n) is 14.4. The number of imide groups is 1. The molecule has 53 heavy (non-hydrogen) atoms. The van der Waals surface area contributed by atoms with Crippen molar-refractivity contribution < 1.29 is 80.7 Å². The van der Waals surface area contributed by atoms with Crippen molar-refractivity contribution >= 4 is 57.9 Å². The predicted molar refractivity (Wildman–Crippen MR) is 192 cm³/mol. The zero-order chi connectivity index (χ0) is 38.1. The fourth-order valence-corrected chi connectivity index (χ4v) is 8.38. The van der Waals surface area contributed by atoms with Crippen LogP contribution in [0, 0.1) is 0 Å². The van der Waals surface area contributed by atoms with Crippen LogP contribution in [0.3, 0.4) is 0 Å². The molecule has 3 heterocycles. The number of hydrogen-bond donors (Lipinski definition) is 1. The summed E-state index contributed by atoms with van der Waals surface area (Å²) in [4.78, 5) is 64.9. The van der Waals surface area contributed by atoms with Crippen molar-refractivity contribution in [2.75, 3.05) is 23.7 Å². The zero-order valence-electron chi connectivity index (χ0n) is 30.9. The van der Waals surface area contributed by atoms with E-state index in [0.29, 0.717) is 43.8 Å². The summed E-state index contributed by atoms with van der Waals surface area (Å²) < 4.78 is 47.9. The minimum absolute atomic E-state index is 0. The molecule has 3 aliphatic rings. The van der Waals surface area contributed by atoms with Crippen LogP contribution in [0.5, 0.6) is 0 Å². The van der Waals surface area contributed by atoms with Crippen LogP contribution in [0.4, 0.5) is 11.4 Å². The molecule has 2 amide bonds. The number of benzene rings is 2. The van der Waals surface area contributed by atoms with Gasteiger partial charge in [0.2, 0.25) is 5.69 Å². The first-order chi connectivity index (χ1) is 24.3. The summed E-state index contributed by atoms with van der Waals surface area (Å²) >= 11 is 0. The fourth-order valence-electron chi connectivity index (χ4n) is 7.26. The van der Waals surface area contributed by atoms with Gasteiger partial charge in [0.15, 0.2) is 13.3 Å². The van der Waals surface area contributed by atoms with Crippen LogP contribution in [0.25, 0.3) is 0 Å². The van der Waals surface area contributed by atoms with Gasteiger partial charge in [0.25, 0.3) is 11.8 Å². The van der Waals surface area contributed by atoms with Crippen molar-refractivity contribution in [1.82, 2.24) is 5.06 Å². The molecule has 0 saturated carbocycles. The summed E-state index contributed by atoms with van der Waals surface area (Å²) in [5.74, 6) is -2.13. The Bertz CT molecular complexity index is 2000. The number of amides is 2. The molecule has 1 N–H and O–H groups in total. The Balaban J connectivity index is 0.00000627. The first-order valence-electron chi connectivity index (χ1n) is 17.4. The van der Waals surface area contributed by atoms with Crippen LogP contribution >= 0.6 is 7.60 Å². The Labute approximate surface area is 332 Å². The van der Waals surface area contributed by atoms with E-state index < -0.39 is 46.7 Å². The number of hydroxylamine groups is 2. The van der Waals surface area contributed by atoms with Crippen molar-refractivity contribution in [2.45, 2.75) is 89.9 Å². The molecule has 1 saturated heterocycles. The number of allylic oxidation sites excluding steroid dienone is 4. The van der Waals surface area contributed by atoms with E-state index in [1.165, 1.54) is 12.1 Å². The maximum atomic E-state index is 12.3. The van der Waals surface area contributed by atoms with Gasteiger partial charge in [-0.05, 0) is 62.9 Å². The third kappa shape index (κ3) is 9.66. The molecule has 280 valence electrons. The van der Waals surface area contributed by atoms with E-state index in [2.05, 4.69) is 29.4 Å². The largest absolute Gasteiger partial charge is 1.00 e. The molecule has 16 heteroatoms. The Morgan fingerprint density at radius 2 is 1.66 bits per heavy atom. The van der Waals surface area contributed by atoms with Crippen LogP contribution in [-0.2, 0) is 44.7 Å². The number of carbonyl (C=O) groups excluding carboxylic acids is 3. The van der Waals surface area contributed by atoms with Gasteiger partial charge in [-0.25, -0.2) is 13.2 Å². The van der Waals surface area contributed by atoms with E-state index in [0.717, 1.165) is 33.9 Å². The number of rotatable bonds is 15. The molecular formula is C37H45N3NaO10PS. The smallest absolute Gasteiger partial charge is 0.775 e. The molecule has 13 nitrogen and oxygen atoms in total. The maximum absolute atomic E-state index is 12.3. The average molecular weight is 778 g/mol. The van der Waals surface area contributed by atoms with E-state index in [9.17, 15) is 41.7 Å². The van der Waals surface area contributed by atoms with E-state index in [1.54, 1.807) is 6.07 Å². The van der Waals surface area contributed by atoms with Gasteiger partial charge in [-0.2, -0.15) is 4.58 Å². The molecule has 2 aromatic carbocycles. The summed E-state index contributed by atoms with van der Waals surface area (Å²) in [6.07, 6.45) is 8.55. The summed E-state index contributed by atoms with van der Waals surface area (Å²) in [5.41, 5.74) is 4.50. The molecular weight excluding hydrogens is 732 g/mol. The number of anilines is 1. The Morgan fingerprint density at radius 3 is 2.32 bits per heavy atom. The van der Waals surface area contributed by atoms with Crippen LogP contribution in [0.2, 0.25) is 0 Å². The Kier molecular flexibility index (Phi) is 13.6. The van der Waals surface area contributed by atoms with E-state index in [4.69, 9.17) is 4.84 Å². The van der Waals surface area contributed by atoms with E-state index in [-0.39, 0.29) is 66.0 Å². The molecule has 5 rings (SSSR count). The average Bonchev–Trinajstić information content (AvgIpc) is 3.57. The van der Waals surface area contributed by atoms with Crippen molar-refractivity contribution in [3.05, 3.63) is 77.5 Å². The number of nitrogens with zero attached hydrogens (tertiary/aromatic N) is 3. The van der Waals surface area contributed by atoms with Gasteiger partial charge < -0.3 is 28.6 Å². The van der Waals surface area contributed by atoms with Crippen LogP contribution in [0.1, 0.15) is 90.2 Å². The standard InChI is InChI=1S/C37H46N3O10PS.Na/c1-36(2)27-13-7-8-14-29(27)38(23-10-11-24-52(47,48)49)31(36)15-12-16-32-37(3,4)28-25-26(51(44,45)46)18-19-30(28)39(32)22-9-5-6-17-35(43)50-40-33(41)20-21-34(40)42;/h7-8,12-16,18-19,25H,5-6,9-11,17,20-24H2,1-4H3,(H2-,44,45,46,47,48,49);/q;+1/p-1. The third-order valence-corrected chi connectivity index (χ3v) is 11.7. The molecule has 3 aliphatic heterocycles.